The van der Waals surface area contributed by atoms with Gasteiger partial charge in [0.1, 0.15) is 5.75 Å². The molecule has 6 heteroatoms. The molecule has 1 amide bonds. The van der Waals surface area contributed by atoms with Crippen molar-refractivity contribution in [1.29, 1.82) is 0 Å². The molecule has 0 unspecified atom stereocenters. The Balaban J connectivity index is 0.00000533. The third-order valence-corrected chi connectivity index (χ3v) is 7.95. The van der Waals surface area contributed by atoms with Crippen LogP contribution in [-0.4, -0.2) is 23.3 Å². The molecule has 0 saturated heterocycles. The lowest BCUT2D eigenvalue weighted by Crippen LogP contribution is -2.27. The van der Waals surface area contributed by atoms with Crippen LogP contribution in [0.2, 0.25) is 0 Å². The van der Waals surface area contributed by atoms with Gasteiger partial charge in [-0.2, -0.15) is 0 Å². The molecule has 39 heavy (non-hydrogen) atoms. The van der Waals surface area contributed by atoms with Crippen LogP contribution in [0.4, 0.5) is 5.69 Å². The Morgan fingerprint density at radius 3 is 1.92 bits per heavy atom. The number of ether oxygens (including phenoxy) is 1. The average Bonchev–Trinajstić information content (AvgIpc) is 3.44. The summed E-state index contributed by atoms with van der Waals surface area (Å²) in [6.45, 7) is 6.13. The summed E-state index contributed by atoms with van der Waals surface area (Å²) >= 11 is 1.81. The number of amides is 1. The van der Waals surface area contributed by atoms with Gasteiger partial charge in [0.25, 0.3) is 0 Å². The maximum absolute atomic E-state index is 12.4. The molecule has 0 N–H and O–H groups in total. The van der Waals surface area contributed by atoms with Crippen LogP contribution in [0.1, 0.15) is 102 Å². The van der Waals surface area contributed by atoms with Gasteiger partial charge in [0, 0.05) is 25.4 Å². The summed E-state index contributed by atoms with van der Waals surface area (Å²) in [4.78, 5) is 16.5. The Kier molecular flexibility index (Phi) is 17.1. The van der Waals surface area contributed by atoms with Crippen LogP contribution < -0.4 is 9.64 Å². The van der Waals surface area contributed by atoms with Gasteiger partial charge in [-0.1, -0.05) is 102 Å². The second-order valence-corrected chi connectivity index (χ2v) is 11.3. The number of rotatable bonds is 19. The number of halogens is 1. The van der Waals surface area contributed by atoms with E-state index < -0.39 is 0 Å². The van der Waals surface area contributed by atoms with E-state index in [1.807, 2.05) is 28.8 Å². The van der Waals surface area contributed by atoms with Crippen LogP contribution >= 0.6 is 28.7 Å². The predicted molar refractivity (Wildman–Crippen MR) is 174 cm³/mol. The highest BCUT2D eigenvalue weighted by Crippen LogP contribution is 2.23. The van der Waals surface area contributed by atoms with Crippen LogP contribution in [0.15, 0.2) is 60.1 Å². The highest BCUT2D eigenvalue weighted by atomic mass is 79.9. The highest BCUT2D eigenvalue weighted by Gasteiger charge is 2.13. The first-order chi connectivity index (χ1) is 18.7. The van der Waals surface area contributed by atoms with E-state index in [0.717, 1.165) is 42.4 Å². The van der Waals surface area contributed by atoms with E-state index >= 15 is 0 Å². The molecule has 0 aliphatic carbocycles. The molecule has 1 heterocycles. The van der Waals surface area contributed by atoms with Gasteiger partial charge in [-0.3, -0.25) is 4.79 Å². The molecule has 2 aromatic carbocycles. The topological polar surface area (TPSA) is 32.8 Å². The number of anilines is 1. The fourth-order valence-electron chi connectivity index (χ4n) is 4.82. The minimum absolute atomic E-state index is 0. The van der Waals surface area contributed by atoms with Gasteiger partial charge in [0.15, 0.2) is 0 Å². The van der Waals surface area contributed by atoms with E-state index in [9.17, 15) is 4.79 Å². The number of benzene rings is 2. The van der Waals surface area contributed by atoms with Gasteiger partial charge in [0.05, 0.1) is 19.0 Å². The van der Waals surface area contributed by atoms with E-state index in [4.69, 9.17) is 4.74 Å². The molecular weight excluding hydrogens is 568 g/mol. The fourth-order valence-corrected chi connectivity index (χ4v) is 5.53. The predicted octanol–water partition coefficient (Wildman–Crippen LogP) is 9.87. The second kappa shape index (κ2) is 20.0. The third kappa shape index (κ3) is 13.3. The average molecular weight is 618 g/mol. The van der Waals surface area contributed by atoms with Crippen LogP contribution in [0.25, 0.3) is 0 Å². The van der Waals surface area contributed by atoms with Crippen molar-refractivity contribution in [3.63, 3.8) is 0 Å². The molecule has 1 aliphatic rings. The number of carbonyl (C=O) groups is 1. The summed E-state index contributed by atoms with van der Waals surface area (Å²) < 4.78 is 5.97. The maximum atomic E-state index is 12.4. The van der Waals surface area contributed by atoms with Crippen molar-refractivity contribution in [2.45, 2.75) is 104 Å². The smallest absolute Gasteiger partial charge is 0.224 e. The highest BCUT2D eigenvalue weighted by molar-refractivity contribution is 8.93. The van der Waals surface area contributed by atoms with E-state index in [2.05, 4.69) is 59.8 Å². The molecule has 216 valence electrons. The minimum atomic E-state index is 0. The molecule has 0 atom stereocenters. The van der Waals surface area contributed by atoms with Crippen molar-refractivity contribution in [2.24, 2.45) is 0 Å². The van der Waals surface area contributed by atoms with Gasteiger partial charge >= 0.3 is 0 Å². The van der Waals surface area contributed by atoms with Gasteiger partial charge in [0.2, 0.25) is 5.91 Å². The zero-order valence-corrected chi connectivity index (χ0v) is 26.6. The van der Waals surface area contributed by atoms with Crippen molar-refractivity contribution in [3.8, 4) is 5.75 Å². The Bertz CT molecular complexity index is 949. The van der Waals surface area contributed by atoms with E-state index in [0.29, 0.717) is 6.54 Å². The number of nitrogens with zero attached hydrogens (tertiary/aromatic N) is 2. The van der Waals surface area contributed by atoms with Crippen molar-refractivity contribution in [1.82, 2.24) is 4.90 Å². The van der Waals surface area contributed by atoms with Crippen LogP contribution in [0.3, 0.4) is 0 Å². The molecule has 0 fully saturated rings. The zero-order chi connectivity index (χ0) is 26.8. The SMILES string of the molecule is Br.CCCCCCCCCCCCCCOc1ccc(CN(C(C)=O)c2ccc(CN3C=CSC3)cc2)cc1. The summed E-state index contributed by atoms with van der Waals surface area (Å²) in [6, 6.07) is 16.5. The van der Waals surface area contributed by atoms with E-state index in [1.54, 1.807) is 6.92 Å². The summed E-state index contributed by atoms with van der Waals surface area (Å²) in [6.07, 6.45) is 18.3. The minimum Gasteiger partial charge on any atom is -0.494 e. The Morgan fingerprint density at radius 2 is 1.38 bits per heavy atom. The first-order valence-electron chi connectivity index (χ1n) is 14.8. The summed E-state index contributed by atoms with van der Waals surface area (Å²) in [5.41, 5.74) is 3.28. The van der Waals surface area contributed by atoms with Crippen molar-refractivity contribution in [3.05, 3.63) is 71.3 Å². The van der Waals surface area contributed by atoms with Gasteiger partial charge in [-0.15, -0.1) is 28.7 Å². The van der Waals surface area contributed by atoms with Crippen LogP contribution in [0.5, 0.6) is 5.75 Å². The maximum Gasteiger partial charge on any atom is 0.224 e. The lowest BCUT2D eigenvalue weighted by molar-refractivity contribution is -0.116. The fraction of sp³-hybridized carbons (Fsp3) is 0.545. The lowest BCUT2D eigenvalue weighted by atomic mass is 10.1. The Morgan fingerprint density at radius 1 is 0.821 bits per heavy atom. The summed E-state index contributed by atoms with van der Waals surface area (Å²) in [5, 5.41) is 2.13. The van der Waals surface area contributed by atoms with Crippen molar-refractivity contribution < 1.29 is 9.53 Å². The third-order valence-electron chi connectivity index (χ3n) is 7.15. The largest absolute Gasteiger partial charge is 0.494 e. The molecule has 0 spiro atoms. The molecule has 3 rings (SSSR count). The van der Waals surface area contributed by atoms with Gasteiger partial charge < -0.3 is 14.5 Å². The molecule has 0 saturated carbocycles. The number of carbonyl (C=O) groups excluding carboxylic acids is 1. The molecule has 4 nitrogen and oxygen atoms in total. The summed E-state index contributed by atoms with van der Waals surface area (Å²) in [7, 11) is 0. The molecule has 0 bridgehead atoms. The normalized spacial score (nSPS) is 12.4. The standard InChI is InChI=1S/C33H48N2O2S.BrH/c1-3-4-5-6-7-8-9-10-11-12-13-14-24-37-33-21-17-31(18-22-33)27-35(29(2)36)32-19-15-30(16-20-32)26-34-23-25-38-28-34;/h15-23,25H,3-14,24,26-28H2,1-2H3;1H. The number of hydrogen-bond acceptors (Lipinski definition) is 4. The number of unbranched alkanes of at least 4 members (excludes halogenated alkanes) is 11. The molecule has 0 aromatic heterocycles. The quantitative estimate of drug-likeness (QED) is 0.147. The van der Waals surface area contributed by atoms with Crippen molar-refractivity contribution in [2.75, 3.05) is 17.4 Å². The van der Waals surface area contributed by atoms with E-state index in [-0.39, 0.29) is 22.9 Å². The molecular formula is C33H49BrN2O2S. The van der Waals surface area contributed by atoms with Crippen LogP contribution in [0, 0.1) is 0 Å². The molecule has 2 aromatic rings. The van der Waals surface area contributed by atoms with Gasteiger partial charge in [-0.05, 0) is 47.2 Å². The zero-order valence-electron chi connectivity index (χ0n) is 24.1. The lowest BCUT2D eigenvalue weighted by Gasteiger charge is -2.22. The summed E-state index contributed by atoms with van der Waals surface area (Å²) in [5.74, 6) is 1.95. The monoisotopic (exact) mass is 616 g/mol. The molecule has 0 radical (unpaired) electrons. The molecule has 1 aliphatic heterocycles. The number of hydrogen-bond donors (Lipinski definition) is 0. The Hall–Kier alpha value is -1.92. The second-order valence-electron chi connectivity index (χ2n) is 10.5. The first-order valence-corrected chi connectivity index (χ1v) is 15.8. The van der Waals surface area contributed by atoms with Gasteiger partial charge in [-0.25, -0.2) is 0 Å². The first kappa shape index (κ1) is 33.3. The van der Waals surface area contributed by atoms with Crippen molar-refractivity contribution >= 4 is 40.3 Å². The number of thioether (sulfide) groups is 1. The van der Waals surface area contributed by atoms with Crippen LogP contribution in [-0.2, 0) is 17.9 Å². The van der Waals surface area contributed by atoms with E-state index in [1.165, 1.54) is 76.2 Å². The Labute approximate surface area is 252 Å².